The highest BCUT2D eigenvalue weighted by molar-refractivity contribution is 5.87. The topological polar surface area (TPSA) is 29.4 Å². The Balaban J connectivity index is 3.73. The fraction of sp³-hybridized carbons (Fsp3) is 0.500. The minimum atomic E-state index is 0.105. The molecule has 0 aliphatic carbocycles. The summed E-state index contributed by atoms with van der Waals surface area (Å²) in [6.45, 7) is 6.47. The van der Waals surface area contributed by atoms with Gasteiger partial charge in [-0.1, -0.05) is 19.1 Å². The molecule has 1 atom stereocenters. The normalized spacial score (nSPS) is 14.5. The fourth-order valence-electron chi connectivity index (χ4n) is 0.899. The van der Waals surface area contributed by atoms with E-state index in [1.54, 1.807) is 19.2 Å². The molecule has 2 heteroatoms. The van der Waals surface area contributed by atoms with E-state index in [1.807, 2.05) is 19.1 Å². The molecule has 14 heavy (non-hydrogen) atoms. The smallest absolute Gasteiger partial charge is 0.152 e. The summed E-state index contributed by atoms with van der Waals surface area (Å²) in [4.78, 5) is 14.7. The number of hydrogen-bond acceptors (Lipinski definition) is 2. The third kappa shape index (κ3) is 8.91. The minimum Gasteiger partial charge on any atom is -0.295 e. The quantitative estimate of drug-likeness (QED) is 0.471. The van der Waals surface area contributed by atoms with Crippen molar-refractivity contribution in [3.05, 3.63) is 24.3 Å². The van der Waals surface area contributed by atoms with Crippen molar-refractivity contribution in [2.45, 2.75) is 27.2 Å². The first-order valence-corrected chi connectivity index (χ1v) is 5.00. The van der Waals surface area contributed by atoms with Crippen molar-refractivity contribution < 1.29 is 4.79 Å². The van der Waals surface area contributed by atoms with Gasteiger partial charge in [0.05, 0.1) is 0 Å². The molecule has 0 amide bonds. The van der Waals surface area contributed by atoms with E-state index in [1.165, 1.54) is 0 Å². The van der Waals surface area contributed by atoms with Gasteiger partial charge in [0.2, 0.25) is 0 Å². The summed E-state index contributed by atoms with van der Waals surface area (Å²) in [5.41, 5.74) is 0. The van der Waals surface area contributed by atoms with Crippen LogP contribution in [0.1, 0.15) is 27.2 Å². The molecule has 0 aromatic rings. The highest BCUT2D eigenvalue weighted by Crippen LogP contribution is 2.04. The molecule has 0 fully saturated rings. The van der Waals surface area contributed by atoms with Gasteiger partial charge in [-0.05, 0) is 38.3 Å². The molecular weight excluding hydrogens is 174 g/mol. The zero-order valence-corrected chi connectivity index (χ0v) is 9.23. The highest BCUT2D eigenvalue weighted by atomic mass is 16.1. The lowest BCUT2D eigenvalue weighted by molar-refractivity contribution is -0.112. The number of aliphatic imine (C=N–C) groups is 1. The van der Waals surface area contributed by atoms with Crippen molar-refractivity contribution >= 4 is 12.0 Å². The van der Waals surface area contributed by atoms with Gasteiger partial charge in [-0.15, -0.1) is 0 Å². The van der Waals surface area contributed by atoms with Crippen LogP contribution in [0.2, 0.25) is 0 Å². The molecule has 2 nitrogen and oxygen atoms in total. The predicted molar refractivity (Wildman–Crippen MR) is 61.8 cm³/mol. The Morgan fingerprint density at radius 2 is 2.21 bits per heavy atom. The lowest BCUT2D eigenvalue weighted by Crippen LogP contribution is -1.89. The maximum absolute atomic E-state index is 10.6. The average Bonchev–Trinajstić information content (AvgIpc) is 2.14. The van der Waals surface area contributed by atoms with E-state index < -0.39 is 0 Å². The standard InChI is InChI=1S/C12H19NO/c1-4-13-10-6-5-7-11(2)8-9-12(3)14/h5-6,8-11H,4,7H2,1-3H3/b6-5-,9-8-,13-10?. The molecule has 0 aliphatic rings. The summed E-state index contributed by atoms with van der Waals surface area (Å²) in [6.07, 6.45) is 10.3. The van der Waals surface area contributed by atoms with Crippen LogP contribution in [-0.2, 0) is 4.79 Å². The summed E-state index contributed by atoms with van der Waals surface area (Å²) >= 11 is 0. The second-order valence-corrected chi connectivity index (χ2v) is 3.26. The Morgan fingerprint density at radius 1 is 1.50 bits per heavy atom. The van der Waals surface area contributed by atoms with Crippen molar-refractivity contribution in [1.29, 1.82) is 0 Å². The van der Waals surface area contributed by atoms with Crippen LogP contribution in [0.15, 0.2) is 29.3 Å². The Kier molecular flexibility index (Phi) is 7.71. The summed E-state index contributed by atoms with van der Waals surface area (Å²) < 4.78 is 0. The third-order valence-electron chi connectivity index (χ3n) is 1.68. The van der Waals surface area contributed by atoms with Crippen LogP contribution in [-0.4, -0.2) is 18.5 Å². The number of rotatable bonds is 6. The third-order valence-corrected chi connectivity index (χ3v) is 1.68. The first kappa shape index (κ1) is 12.8. The molecule has 0 spiro atoms. The summed E-state index contributed by atoms with van der Waals surface area (Å²) in [5.74, 6) is 0.513. The van der Waals surface area contributed by atoms with Crippen LogP contribution in [0.4, 0.5) is 0 Å². The number of nitrogens with zero attached hydrogens (tertiary/aromatic N) is 1. The summed E-state index contributed by atoms with van der Waals surface area (Å²) in [5, 5.41) is 0. The molecule has 0 bridgehead atoms. The molecule has 0 aromatic heterocycles. The first-order valence-electron chi connectivity index (χ1n) is 5.00. The van der Waals surface area contributed by atoms with Gasteiger partial charge in [0, 0.05) is 12.8 Å². The molecule has 0 saturated carbocycles. The minimum absolute atomic E-state index is 0.105. The second-order valence-electron chi connectivity index (χ2n) is 3.26. The van der Waals surface area contributed by atoms with E-state index in [0.717, 1.165) is 13.0 Å². The monoisotopic (exact) mass is 193 g/mol. The number of ketones is 1. The fourth-order valence-corrected chi connectivity index (χ4v) is 0.899. The molecular formula is C12H19NO. The maximum Gasteiger partial charge on any atom is 0.152 e. The van der Waals surface area contributed by atoms with Crippen molar-refractivity contribution in [1.82, 2.24) is 0 Å². The SMILES string of the molecule is CCN=C/C=C\CC(C)/C=C\C(C)=O. The molecule has 0 heterocycles. The summed E-state index contributed by atoms with van der Waals surface area (Å²) in [7, 11) is 0. The molecule has 0 aliphatic heterocycles. The number of carbonyl (C=O) groups is 1. The van der Waals surface area contributed by atoms with Crippen LogP contribution in [0.25, 0.3) is 0 Å². The van der Waals surface area contributed by atoms with E-state index in [2.05, 4.69) is 18.0 Å². The van der Waals surface area contributed by atoms with E-state index in [0.29, 0.717) is 5.92 Å². The molecule has 1 unspecified atom stereocenters. The Morgan fingerprint density at radius 3 is 2.79 bits per heavy atom. The van der Waals surface area contributed by atoms with Crippen LogP contribution < -0.4 is 0 Å². The van der Waals surface area contributed by atoms with E-state index in [-0.39, 0.29) is 5.78 Å². The average molecular weight is 193 g/mol. The zero-order chi connectivity index (χ0) is 10.8. The number of carbonyl (C=O) groups excluding carboxylic acids is 1. The first-order chi connectivity index (χ1) is 6.66. The largest absolute Gasteiger partial charge is 0.295 e. The van der Waals surface area contributed by atoms with Crippen LogP contribution in [0, 0.1) is 5.92 Å². The van der Waals surface area contributed by atoms with Gasteiger partial charge in [0.1, 0.15) is 0 Å². The Hall–Kier alpha value is -1.18. The molecule has 0 aromatic carbocycles. The molecule has 0 saturated heterocycles. The van der Waals surface area contributed by atoms with Gasteiger partial charge in [-0.2, -0.15) is 0 Å². The lowest BCUT2D eigenvalue weighted by atomic mass is 10.1. The molecule has 0 radical (unpaired) electrons. The van der Waals surface area contributed by atoms with Gasteiger partial charge in [0.25, 0.3) is 0 Å². The van der Waals surface area contributed by atoms with Crippen molar-refractivity contribution in [2.24, 2.45) is 10.9 Å². The van der Waals surface area contributed by atoms with E-state index >= 15 is 0 Å². The van der Waals surface area contributed by atoms with Crippen LogP contribution >= 0.6 is 0 Å². The molecule has 0 rings (SSSR count). The summed E-state index contributed by atoms with van der Waals surface area (Å²) in [6, 6.07) is 0. The molecule has 0 N–H and O–H groups in total. The second kappa shape index (κ2) is 8.42. The van der Waals surface area contributed by atoms with Gasteiger partial charge < -0.3 is 0 Å². The highest BCUT2D eigenvalue weighted by Gasteiger charge is 1.92. The van der Waals surface area contributed by atoms with Gasteiger partial charge in [0.15, 0.2) is 5.78 Å². The Labute approximate surface area is 86.4 Å². The maximum atomic E-state index is 10.6. The predicted octanol–water partition coefficient (Wildman–Crippen LogP) is 2.80. The lowest BCUT2D eigenvalue weighted by Gasteiger charge is -1.98. The van der Waals surface area contributed by atoms with Crippen LogP contribution in [0.3, 0.4) is 0 Å². The van der Waals surface area contributed by atoms with E-state index in [4.69, 9.17) is 0 Å². The van der Waals surface area contributed by atoms with Crippen molar-refractivity contribution in [3.8, 4) is 0 Å². The van der Waals surface area contributed by atoms with Crippen LogP contribution in [0.5, 0.6) is 0 Å². The van der Waals surface area contributed by atoms with Gasteiger partial charge >= 0.3 is 0 Å². The van der Waals surface area contributed by atoms with Crippen molar-refractivity contribution in [3.63, 3.8) is 0 Å². The van der Waals surface area contributed by atoms with E-state index in [9.17, 15) is 4.79 Å². The van der Waals surface area contributed by atoms with Crippen molar-refractivity contribution in [2.75, 3.05) is 6.54 Å². The van der Waals surface area contributed by atoms with Gasteiger partial charge in [-0.25, -0.2) is 0 Å². The van der Waals surface area contributed by atoms with Gasteiger partial charge in [-0.3, -0.25) is 9.79 Å². The molecule has 78 valence electrons. The number of allylic oxidation sites excluding steroid dienone is 4. The number of hydrogen-bond donors (Lipinski definition) is 0. The Bertz CT molecular complexity index is 239. The zero-order valence-electron chi connectivity index (χ0n) is 9.23.